The van der Waals surface area contributed by atoms with Crippen LogP contribution in [0.2, 0.25) is 0 Å². The van der Waals surface area contributed by atoms with Gasteiger partial charge in [-0.2, -0.15) is 11.8 Å². The fourth-order valence-corrected chi connectivity index (χ4v) is 2.63. The van der Waals surface area contributed by atoms with Gasteiger partial charge < -0.3 is 5.73 Å². The molecule has 2 atom stereocenters. The average molecular weight is 223 g/mol. The van der Waals surface area contributed by atoms with Crippen molar-refractivity contribution in [2.75, 3.05) is 5.73 Å². The van der Waals surface area contributed by atoms with E-state index in [0.717, 1.165) is 11.6 Å². The number of anilines is 1. The number of hydrogen-bond donors (Lipinski definition) is 1. The van der Waals surface area contributed by atoms with E-state index in [1.165, 1.54) is 5.56 Å². The van der Waals surface area contributed by atoms with Gasteiger partial charge in [-0.3, -0.25) is 0 Å². The molecule has 0 saturated carbocycles. The van der Waals surface area contributed by atoms with Gasteiger partial charge in [0, 0.05) is 16.2 Å². The van der Waals surface area contributed by atoms with Crippen LogP contribution in [0.1, 0.15) is 38.5 Å². The third-order valence-corrected chi connectivity index (χ3v) is 4.39. The second-order valence-corrected chi connectivity index (χ2v) is 6.12. The smallest absolute Gasteiger partial charge is 0.0317 e. The summed E-state index contributed by atoms with van der Waals surface area (Å²) in [6, 6.07) is 8.19. The maximum atomic E-state index is 5.78. The van der Waals surface area contributed by atoms with Gasteiger partial charge in [0.15, 0.2) is 0 Å². The zero-order chi connectivity index (χ0) is 11.4. The molecule has 2 heteroatoms. The minimum absolute atomic E-state index is 0.519. The van der Waals surface area contributed by atoms with Crippen LogP contribution in [-0.4, -0.2) is 5.25 Å². The molecule has 0 aliphatic carbocycles. The number of thioether (sulfide) groups is 1. The molecule has 1 aromatic rings. The van der Waals surface area contributed by atoms with E-state index in [9.17, 15) is 0 Å². The highest BCUT2D eigenvalue weighted by Gasteiger charge is 2.13. The van der Waals surface area contributed by atoms with Gasteiger partial charge in [-0.25, -0.2) is 0 Å². The summed E-state index contributed by atoms with van der Waals surface area (Å²) in [4.78, 5) is 0. The Kier molecular flexibility index (Phi) is 4.52. The van der Waals surface area contributed by atoms with Crippen molar-refractivity contribution < 1.29 is 0 Å². The van der Waals surface area contributed by atoms with E-state index in [0.29, 0.717) is 10.5 Å². The normalized spacial score (nSPS) is 15.3. The molecule has 2 N–H and O–H groups in total. The molecule has 0 aliphatic rings. The summed E-state index contributed by atoms with van der Waals surface area (Å²) in [5, 5.41) is 1.20. The zero-order valence-electron chi connectivity index (χ0n) is 10.0. The number of benzene rings is 1. The van der Waals surface area contributed by atoms with Crippen LogP contribution in [-0.2, 0) is 0 Å². The molecule has 15 heavy (non-hydrogen) atoms. The van der Waals surface area contributed by atoms with Gasteiger partial charge in [0.1, 0.15) is 0 Å². The number of nitrogens with two attached hydrogens (primary N) is 1. The summed E-state index contributed by atoms with van der Waals surface area (Å²) in [6.45, 7) is 9.07. The van der Waals surface area contributed by atoms with E-state index in [1.54, 1.807) is 0 Å². The first-order valence-electron chi connectivity index (χ1n) is 5.51. The first-order chi connectivity index (χ1) is 7.00. The lowest BCUT2D eigenvalue weighted by Crippen LogP contribution is -2.07. The van der Waals surface area contributed by atoms with Crippen LogP contribution in [0.4, 0.5) is 5.69 Å². The standard InChI is InChI=1S/C13H21NS/c1-9(2)10(3)15-11(4)12-6-5-7-13(14)8-12/h5-11H,14H2,1-4H3. The molecular weight excluding hydrogens is 202 g/mol. The quantitative estimate of drug-likeness (QED) is 0.777. The van der Waals surface area contributed by atoms with Gasteiger partial charge in [0.05, 0.1) is 0 Å². The maximum absolute atomic E-state index is 5.78. The summed E-state index contributed by atoms with van der Waals surface area (Å²) in [5.74, 6) is 0.721. The third kappa shape index (κ3) is 3.78. The van der Waals surface area contributed by atoms with Crippen molar-refractivity contribution in [2.45, 2.75) is 38.2 Å². The Morgan fingerprint density at radius 2 is 1.80 bits per heavy atom. The predicted octanol–water partition coefficient (Wildman–Crippen LogP) is 4.11. The maximum Gasteiger partial charge on any atom is 0.0317 e. The predicted molar refractivity (Wildman–Crippen MR) is 71.2 cm³/mol. The largest absolute Gasteiger partial charge is 0.399 e. The summed E-state index contributed by atoms with van der Waals surface area (Å²) in [7, 11) is 0. The Morgan fingerprint density at radius 3 is 2.33 bits per heavy atom. The summed E-state index contributed by atoms with van der Waals surface area (Å²) in [6.07, 6.45) is 0. The van der Waals surface area contributed by atoms with Crippen LogP contribution in [0.25, 0.3) is 0 Å². The van der Waals surface area contributed by atoms with Gasteiger partial charge in [0.25, 0.3) is 0 Å². The van der Waals surface area contributed by atoms with Crippen molar-refractivity contribution in [1.82, 2.24) is 0 Å². The van der Waals surface area contributed by atoms with Crippen molar-refractivity contribution in [1.29, 1.82) is 0 Å². The number of hydrogen-bond acceptors (Lipinski definition) is 2. The van der Waals surface area contributed by atoms with Gasteiger partial charge >= 0.3 is 0 Å². The van der Waals surface area contributed by atoms with Crippen LogP contribution in [0.5, 0.6) is 0 Å². The molecule has 1 aromatic carbocycles. The van der Waals surface area contributed by atoms with Crippen LogP contribution >= 0.6 is 11.8 Å². The van der Waals surface area contributed by atoms with E-state index in [4.69, 9.17) is 5.73 Å². The summed E-state index contributed by atoms with van der Waals surface area (Å²) in [5.41, 5.74) is 7.96. The second-order valence-electron chi connectivity index (χ2n) is 4.40. The Morgan fingerprint density at radius 1 is 1.13 bits per heavy atom. The average Bonchev–Trinajstić information content (AvgIpc) is 2.17. The molecule has 1 rings (SSSR count). The minimum atomic E-state index is 0.519. The first kappa shape index (κ1) is 12.4. The zero-order valence-corrected chi connectivity index (χ0v) is 10.8. The molecule has 0 saturated heterocycles. The molecule has 1 nitrogen and oxygen atoms in total. The van der Waals surface area contributed by atoms with Crippen molar-refractivity contribution >= 4 is 17.4 Å². The van der Waals surface area contributed by atoms with Crippen molar-refractivity contribution in [3.8, 4) is 0 Å². The molecule has 0 bridgehead atoms. The van der Waals surface area contributed by atoms with Gasteiger partial charge in [-0.05, 0) is 30.5 Å². The minimum Gasteiger partial charge on any atom is -0.399 e. The fourth-order valence-electron chi connectivity index (χ4n) is 1.37. The van der Waals surface area contributed by atoms with Crippen molar-refractivity contribution in [3.63, 3.8) is 0 Å². The molecule has 2 unspecified atom stereocenters. The number of nitrogen functional groups attached to an aromatic ring is 1. The van der Waals surface area contributed by atoms with Crippen molar-refractivity contribution in [2.24, 2.45) is 5.92 Å². The van der Waals surface area contributed by atoms with Crippen LogP contribution < -0.4 is 5.73 Å². The van der Waals surface area contributed by atoms with Crippen LogP contribution in [0, 0.1) is 5.92 Å². The van der Waals surface area contributed by atoms with Crippen molar-refractivity contribution in [3.05, 3.63) is 29.8 Å². The topological polar surface area (TPSA) is 26.0 Å². The lowest BCUT2D eigenvalue weighted by atomic mass is 10.1. The Bertz CT molecular complexity index is 309. The highest BCUT2D eigenvalue weighted by Crippen LogP contribution is 2.34. The lowest BCUT2D eigenvalue weighted by Gasteiger charge is -2.20. The molecule has 0 spiro atoms. The Labute approximate surface area is 97.4 Å². The van der Waals surface area contributed by atoms with E-state index in [2.05, 4.69) is 39.8 Å². The van der Waals surface area contributed by atoms with Crippen LogP contribution in [0.15, 0.2) is 24.3 Å². The lowest BCUT2D eigenvalue weighted by molar-refractivity contribution is 0.640. The molecule has 84 valence electrons. The molecule has 0 aliphatic heterocycles. The molecule has 0 radical (unpaired) electrons. The van der Waals surface area contributed by atoms with E-state index < -0.39 is 0 Å². The summed E-state index contributed by atoms with van der Waals surface area (Å²) < 4.78 is 0. The Hall–Kier alpha value is -0.630. The van der Waals surface area contributed by atoms with E-state index in [-0.39, 0.29) is 0 Å². The van der Waals surface area contributed by atoms with E-state index in [1.807, 2.05) is 23.9 Å². The highest BCUT2D eigenvalue weighted by atomic mass is 32.2. The van der Waals surface area contributed by atoms with Gasteiger partial charge in [0.2, 0.25) is 0 Å². The second kappa shape index (κ2) is 5.45. The number of rotatable bonds is 4. The first-order valence-corrected chi connectivity index (χ1v) is 6.46. The highest BCUT2D eigenvalue weighted by molar-refractivity contribution is 8.00. The molecule has 0 fully saturated rings. The molecular formula is C13H21NS. The van der Waals surface area contributed by atoms with Gasteiger partial charge in [-0.1, -0.05) is 32.9 Å². The van der Waals surface area contributed by atoms with E-state index >= 15 is 0 Å². The SMILES string of the molecule is CC(SC(C)C(C)C)c1cccc(N)c1. The van der Waals surface area contributed by atoms with Gasteiger partial charge in [-0.15, -0.1) is 0 Å². The molecule has 0 heterocycles. The summed E-state index contributed by atoms with van der Waals surface area (Å²) >= 11 is 2.01. The molecule has 0 amide bonds. The molecule has 0 aromatic heterocycles. The van der Waals surface area contributed by atoms with Crippen LogP contribution in [0.3, 0.4) is 0 Å². The third-order valence-electron chi connectivity index (χ3n) is 2.74. The monoisotopic (exact) mass is 223 g/mol. The Balaban J connectivity index is 2.64. The fraction of sp³-hybridized carbons (Fsp3) is 0.538.